The molecule has 5 heteroatoms. The summed E-state index contributed by atoms with van der Waals surface area (Å²) in [5.74, 6) is 0.793. The molecule has 0 N–H and O–H groups in total. The Labute approximate surface area is 123 Å². The van der Waals surface area contributed by atoms with Gasteiger partial charge in [-0.3, -0.25) is 9.36 Å². The molecule has 0 fully saturated rings. The molecule has 2 rings (SSSR count). The van der Waals surface area contributed by atoms with Crippen LogP contribution in [0.3, 0.4) is 0 Å². The summed E-state index contributed by atoms with van der Waals surface area (Å²) in [7, 11) is 1.62. The first kappa shape index (κ1) is 15.1. The van der Waals surface area contributed by atoms with Crippen molar-refractivity contribution in [3.8, 4) is 5.75 Å². The fraction of sp³-hybridized carbons (Fsp3) is 0.375. The Bertz CT molecular complexity index is 699. The van der Waals surface area contributed by atoms with Crippen LogP contribution in [0.4, 0.5) is 0 Å². The van der Waals surface area contributed by atoms with Gasteiger partial charge in [-0.05, 0) is 30.5 Å². The number of aromatic nitrogens is 2. The van der Waals surface area contributed by atoms with E-state index in [1.807, 2.05) is 31.2 Å². The van der Waals surface area contributed by atoms with E-state index in [1.165, 1.54) is 10.6 Å². The maximum Gasteiger partial charge on any atom is 0.330 e. The fourth-order valence-corrected chi connectivity index (χ4v) is 2.21. The van der Waals surface area contributed by atoms with Crippen LogP contribution < -0.4 is 16.0 Å². The highest BCUT2D eigenvalue weighted by Crippen LogP contribution is 2.11. The van der Waals surface area contributed by atoms with Crippen LogP contribution in [0.2, 0.25) is 0 Å². The molecule has 21 heavy (non-hydrogen) atoms. The van der Waals surface area contributed by atoms with Crippen molar-refractivity contribution in [1.82, 2.24) is 9.13 Å². The van der Waals surface area contributed by atoms with E-state index in [9.17, 15) is 9.59 Å². The smallest absolute Gasteiger partial charge is 0.330 e. The average Bonchev–Trinajstić information content (AvgIpc) is 2.51. The van der Waals surface area contributed by atoms with E-state index in [-0.39, 0.29) is 11.2 Å². The number of hydrogen-bond acceptors (Lipinski definition) is 3. The highest BCUT2D eigenvalue weighted by Gasteiger charge is 2.05. The molecule has 1 aromatic heterocycles. The second kappa shape index (κ2) is 6.92. The van der Waals surface area contributed by atoms with Gasteiger partial charge in [0, 0.05) is 25.4 Å². The van der Waals surface area contributed by atoms with Gasteiger partial charge in [-0.1, -0.05) is 19.1 Å². The number of ether oxygens (including phenoxy) is 1. The van der Waals surface area contributed by atoms with Gasteiger partial charge in [0.05, 0.1) is 7.11 Å². The third kappa shape index (κ3) is 3.62. The minimum atomic E-state index is -0.249. The molecule has 1 heterocycles. The summed E-state index contributed by atoms with van der Waals surface area (Å²) >= 11 is 0. The third-order valence-electron chi connectivity index (χ3n) is 3.39. The molecule has 0 spiro atoms. The second-order valence-electron chi connectivity index (χ2n) is 4.88. The molecule has 0 aliphatic carbocycles. The maximum atomic E-state index is 12.2. The lowest BCUT2D eigenvalue weighted by atomic mass is 10.1. The molecule has 0 amide bonds. The summed E-state index contributed by atoms with van der Waals surface area (Å²) in [6.45, 7) is 3.01. The van der Waals surface area contributed by atoms with Gasteiger partial charge < -0.3 is 9.30 Å². The predicted octanol–water partition coefficient (Wildman–Crippen LogP) is 1.67. The number of nitrogens with zero attached hydrogens (tertiary/aromatic N) is 2. The van der Waals surface area contributed by atoms with Crippen LogP contribution in [-0.2, 0) is 19.5 Å². The van der Waals surface area contributed by atoms with E-state index in [1.54, 1.807) is 17.9 Å². The summed E-state index contributed by atoms with van der Waals surface area (Å²) in [6.07, 6.45) is 3.06. The van der Waals surface area contributed by atoms with E-state index in [0.717, 1.165) is 17.7 Å². The molecule has 0 saturated carbocycles. The standard InChI is InChI=1S/C16H20N2O3/c1-3-10-17-11-9-15(19)18(16(17)20)12-8-13-4-6-14(21-2)7-5-13/h4-7,9,11H,3,8,10,12H2,1-2H3. The van der Waals surface area contributed by atoms with E-state index in [0.29, 0.717) is 19.5 Å². The minimum Gasteiger partial charge on any atom is -0.497 e. The molecule has 0 atom stereocenters. The zero-order valence-electron chi connectivity index (χ0n) is 12.4. The Hall–Kier alpha value is -2.30. The molecule has 0 bridgehead atoms. The van der Waals surface area contributed by atoms with Crippen LogP contribution >= 0.6 is 0 Å². The van der Waals surface area contributed by atoms with Gasteiger partial charge in [0.1, 0.15) is 5.75 Å². The van der Waals surface area contributed by atoms with Crippen molar-refractivity contribution in [2.45, 2.75) is 32.9 Å². The number of benzene rings is 1. The first-order valence-electron chi connectivity index (χ1n) is 7.09. The van der Waals surface area contributed by atoms with Crippen molar-refractivity contribution in [2.24, 2.45) is 0 Å². The van der Waals surface area contributed by atoms with E-state index >= 15 is 0 Å². The zero-order chi connectivity index (χ0) is 15.2. The monoisotopic (exact) mass is 288 g/mol. The molecule has 0 aliphatic rings. The van der Waals surface area contributed by atoms with Gasteiger partial charge in [0.25, 0.3) is 5.56 Å². The van der Waals surface area contributed by atoms with E-state index in [2.05, 4.69) is 0 Å². The van der Waals surface area contributed by atoms with Crippen LogP contribution in [-0.4, -0.2) is 16.2 Å². The number of hydrogen-bond donors (Lipinski definition) is 0. The Morgan fingerprint density at radius 1 is 1.05 bits per heavy atom. The Balaban J connectivity index is 2.17. The first-order chi connectivity index (χ1) is 10.2. The number of rotatable bonds is 6. The van der Waals surface area contributed by atoms with Crippen LogP contribution in [0.25, 0.3) is 0 Å². The minimum absolute atomic E-state index is 0.238. The first-order valence-corrected chi connectivity index (χ1v) is 7.09. The van der Waals surface area contributed by atoms with Gasteiger partial charge in [-0.15, -0.1) is 0 Å². The molecule has 0 saturated heterocycles. The molecular weight excluding hydrogens is 268 g/mol. The second-order valence-corrected chi connectivity index (χ2v) is 4.88. The Morgan fingerprint density at radius 3 is 2.38 bits per heavy atom. The lowest BCUT2D eigenvalue weighted by Crippen LogP contribution is -2.39. The molecule has 5 nitrogen and oxygen atoms in total. The van der Waals surface area contributed by atoms with Crippen molar-refractivity contribution in [3.05, 3.63) is 62.9 Å². The fourth-order valence-electron chi connectivity index (χ4n) is 2.21. The van der Waals surface area contributed by atoms with Gasteiger partial charge in [0.2, 0.25) is 0 Å². The van der Waals surface area contributed by atoms with Crippen molar-refractivity contribution < 1.29 is 4.74 Å². The topological polar surface area (TPSA) is 53.2 Å². The summed E-state index contributed by atoms with van der Waals surface area (Å²) in [6, 6.07) is 9.08. The molecule has 112 valence electrons. The lowest BCUT2D eigenvalue weighted by Gasteiger charge is -2.09. The Morgan fingerprint density at radius 2 is 1.76 bits per heavy atom. The summed E-state index contributed by atoms with van der Waals surface area (Å²) in [5.41, 5.74) is 0.576. The van der Waals surface area contributed by atoms with Crippen LogP contribution in [0, 0.1) is 0 Å². The van der Waals surface area contributed by atoms with Gasteiger partial charge in [0.15, 0.2) is 0 Å². The maximum absolute atomic E-state index is 12.2. The predicted molar refractivity (Wildman–Crippen MR) is 82.0 cm³/mol. The Kier molecular flexibility index (Phi) is 4.98. The third-order valence-corrected chi connectivity index (χ3v) is 3.39. The van der Waals surface area contributed by atoms with Gasteiger partial charge >= 0.3 is 5.69 Å². The van der Waals surface area contributed by atoms with Crippen LogP contribution in [0.15, 0.2) is 46.1 Å². The highest BCUT2D eigenvalue weighted by atomic mass is 16.5. The van der Waals surface area contributed by atoms with E-state index < -0.39 is 0 Å². The summed E-state index contributed by atoms with van der Waals surface area (Å²) in [5, 5.41) is 0. The van der Waals surface area contributed by atoms with Crippen molar-refractivity contribution in [2.75, 3.05) is 7.11 Å². The van der Waals surface area contributed by atoms with E-state index in [4.69, 9.17) is 4.74 Å². The highest BCUT2D eigenvalue weighted by molar-refractivity contribution is 5.27. The van der Waals surface area contributed by atoms with Crippen molar-refractivity contribution >= 4 is 0 Å². The van der Waals surface area contributed by atoms with Gasteiger partial charge in [-0.25, -0.2) is 4.79 Å². The SMILES string of the molecule is CCCn1ccc(=O)n(CCc2ccc(OC)cc2)c1=O. The average molecular weight is 288 g/mol. The molecule has 1 aromatic carbocycles. The van der Waals surface area contributed by atoms with Gasteiger partial charge in [-0.2, -0.15) is 0 Å². The molecule has 0 aliphatic heterocycles. The lowest BCUT2D eigenvalue weighted by molar-refractivity contribution is 0.414. The van der Waals surface area contributed by atoms with Crippen LogP contribution in [0.5, 0.6) is 5.75 Å². The quantitative estimate of drug-likeness (QED) is 0.812. The van der Waals surface area contributed by atoms with Crippen molar-refractivity contribution in [1.29, 1.82) is 0 Å². The molecule has 0 unspecified atom stereocenters. The normalized spacial score (nSPS) is 10.6. The summed E-state index contributed by atoms with van der Waals surface area (Å²) < 4.78 is 7.97. The van der Waals surface area contributed by atoms with Crippen molar-refractivity contribution in [3.63, 3.8) is 0 Å². The summed E-state index contributed by atoms with van der Waals surface area (Å²) in [4.78, 5) is 24.1. The zero-order valence-corrected chi connectivity index (χ0v) is 12.4. The number of methoxy groups -OCH3 is 1. The molecule has 2 aromatic rings. The molecular formula is C16H20N2O3. The largest absolute Gasteiger partial charge is 0.497 e. The number of aryl methyl sites for hydroxylation is 2. The van der Waals surface area contributed by atoms with Crippen LogP contribution in [0.1, 0.15) is 18.9 Å². The molecule has 0 radical (unpaired) electrons.